The number of nitrogens with zero attached hydrogens (tertiary/aromatic N) is 2. The molecule has 0 fully saturated rings. The first kappa shape index (κ1) is 26.4. The number of aromatic nitrogens is 1. The third kappa shape index (κ3) is 3.50. The van der Waals surface area contributed by atoms with Crippen LogP contribution in [0.15, 0.2) is 146 Å². The van der Waals surface area contributed by atoms with Crippen molar-refractivity contribution in [3.63, 3.8) is 0 Å². The van der Waals surface area contributed by atoms with Crippen LogP contribution in [0.4, 0.5) is 17.1 Å². The summed E-state index contributed by atoms with van der Waals surface area (Å²) in [7, 11) is 0. The van der Waals surface area contributed by atoms with E-state index in [0.717, 1.165) is 0 Å². The lowest BCUT2D eigenvalue weighted by Crippen LogP contribution is -2.31. The Balaban J connectivity index is 0.00000289. The lowest BCUT2D eigenvalue weighted by atomic mass is 9.72. The van der Waals surface area contributed by atoms with Gasteiger partial charge in [-0.15, -0.1) is 0 Å². The molecule has 0 N–H and O–H groups in total. The molecular formula is C41H30BN2. The van der Waals surface area contributed by atoms with Gasteiger partial charge in [0.15, 0.2) is 0 Å². The molecule has 2 heterocycles. The summed E-state index contributed by atoms with van der Waals surface area (Å²) in [5, 5.41) is 7.62. The maximum absolute atomic E-state index is 2.50. The predicted octanol–water partition coefficient (Wildman–Crippen LogP) is 10.8. The van der Waals surface area contributed by atoms with E-state index in [-0.39, 0.29) is 13.8 Å². The molecule has 3 heteroatoms. The Morgan fingerprint density at radius 1 is 0.432 bits per heavy atom. The second-order valence-electron chi connectivity index (χ2n) is 12.2. The van der Waals surface area contributed by atoms with E-state index in [0.29, 0.717) is 0 Å². The Labute approximate surface area is 259 Å². The first-order valence-electron chi connectivity index (χ1n) is 15.0. The highest BCUT2D eigenvalue weighted by molar-refractivity contribution is 6.15. The molecule has 2 nitrogen and oxygen atoms in total. The van der Waals surface area contributed by atoms with Crippen molar-refractivity contribution in [1.82, 2.24) is 4.57 Å². The molecule has 0 aliphatic carbocycles. The van der Waals surface area contributed by atoms with E-state index in [9.17, 15) is 0 Å². The summed E-state index contributed by atoms with van der Waals surface area (Å²) in [5.41, 5.74) is 9.86. The van der Waals surface area contributed by atoms with Crippen molar-refractivity contribution >= 4 is 68.8 Å². The van der Waals surface area contributed by atoms with Gasteiger partial charge in [-0.1, -0.05) is 123 Å². The van der Waals surface area contributed by atoms with Crippen LogP contribution in [0.25, 0.3) is 49.0 Å². The molecule has 0 amide bonds. The van der Waals surface area contributed by atoms with E-state index < -0.39 is 0 Å². The van der Waals surface area contributed by atoms with E-state index in [1.165, 1.54) is 77.2 Å². The van der Waals surface area contributed by atoms with Crippen molar-refractivity contribution in [1.29, 1.82) is 0 Å². The maximum Gasteiger partial charge on any atom is 0.0545 e. The maximum atomic E-state index is 2.50. The molecular weight excluding hydrogens is 531 g/mol. The number of hydrogen-bond donors (Lipinski definition) is 0. The number of hydrogen-bond acceptors (Lipinski definition) is 1. The number of anilines is 3. The molecule has 0 unspecified atom stereocenters. The third-order valence-corrected chi connectivity index (χ3v) is 9.52. The van der Waals surface area contributed by atoms with E-state index in [4.69, 9.17) is 0 Å². The summed E-state index contributed by atoms with van der Waals surface area (Å²) >= 11 is 0. The largest absolute Gasteiger partial charge is 0.309 e. The van der Waals surface area contributed by atoms with Gasteiger partial charge in [0, 0.05) is 35.4 Å². The van der Waals surface area contributed by atoms with Gasteiger partial charge in [0.2, 0.25) is 0 Å². The molecule has 3 radical (unpaired) electrons. The molecule has 1 aliphatic heterocycles. The molecule has 7 aromatic carbocycles. The molecule has 0 spiro atoms. The molecule has 207 valence electrons. The van der Waals surface area contributed by atoms with Crippen molar-refractivity contribution in [3.05, 3.63) is 157 Å². The van der Waals surface area contributed by atoms with E-state index in [2.05, 4.69) is 169 Å². The number of para-hydroxylation sites is 2. The fourth-order valence-electron chi connectivity index (χ4n) is 7.66. The third-order valence-electron chi connectivity index (χ3n) is 9.52. The van der Waals surface area contributed by atoms with Crippen LogP contribution < -0.4 is 4.90 Å². The zero-order valence-corrected chi connectivity index (χ0v) is 24.8. The topological polar surface area (TPSA) is 8.17 Å². The zero-order valence-electron chi connectivity index (χ0n) is 24.8. The van der Waals surface area contributed by atoms with Crippen molar-refractivity contribution < 1.29 is 0 Å². The summed E-state index contributed by atoms with van der Waals surface area (Å²) in [4.78, 5) is 2.50. The van der Waals surface area contributed by atoms with Crippen LogP contribution in [0.3, 0.4) is 0 Å². The van der Waals surface area contributed by atoms with E-state index in [1.54, 1.807) is 0 Å². The monoisotopic (exact) mass is 561 g/mol. The Kier molecular flexibility index (Phi) is 5.76. The van der Waals surface area contributed by atoms with Crippen molar-refractivity contribution in [2.24, 2.45) is 0 Å². The van der Waals surface area contributed by atoms with Gasteiger partial charge in [-0.3, -0.25) is 0 Å². The Bertz CT molecular complexity index is 2390. The van der Waals surface area contributed by atoms with Crippen molar-refractivity contribution in [2.75, 3.05) is 4.90 Å². The van der Waals surface area contributed by atoms with Crippen LogP contribution in [0.5, 0.6) is 0 Å². The average molecular weight is 562 g/mol. The van der Waals surface area contributed by atoms with Gasteiger partial charge >= 0.3 is 0 Å². The minimum Gasteiger partial charge on any atom is -0.309 e. The lowest BCUT2D eigenvalue weighted by Gasteiger charge is -2.42. The molecule has 1 aliphatic rings. The quantitative estimate of drug-likeness (QED) is 0.191. The smallest absolute Gasteiger partial charge is 0.0545 e. The van der Waals surface area contributed by atoms with E-state index in [1.807, 2.05) is 0 Å². The molecule has 0 bridgehead atoms. The lowest BCUT2D eigenvalue weighted by molar-refractivity contribution is 0.638. The highest BCUT2D eigenvalue weighted by Crippen LogP contribution is 2.56. The first-order valence-corrected chi connectivity index (χ1v) is 15.0. The molecule has 44 heavy (non-hydrogen) atoms. The minimum atomic E-state index is -0.222. The standard InChI is InChI=1S/C41H30N2.B/c1-41(2)32-20-8-10-22-36(32)43(34-24-12-16-28-14-4-6-18-30(28)34)38-26-25-37-39(40(38)41)31-19-7-9-21-35(31)42(37)33-23-11-15-27-13-3-5-17-29(27)33;/h3-26H,1-2H3;. The summed E-state index contributed by atoms with van der Waals surface area (Å²) in [6.45, 7) is 4.79. The summed E-state index contributed by atoms with van der Waals surface area (Å²) in [5.74, 6) is 0. The zero-order chi connectivity index (χ0) is 28.7. The Morgan fingerprint density at radius 2 is 0.977 bits per heavy atom. The van der Waals surface area contributed by atoms with Crippen LogP contribution in [0.1, 0.15) is 25.0 Å². The van der Waals surface area contributed by atoms with Crippen molar-refractivity contribution in [2.45, 2.75) is 19.3 Å². The Morgan fingerprint density at radius 3 is 1.73 bits per heavy atom. The van der Waals surface area contributed by atoms with Crippen LogP contribution in [-0.2, 0) is 5.41 Å². The summed E-state index contributed by atoms with van der Waals surface area (Å²) in [6, 6.07) is 53.3. The number of rotatable bonds is 2. The molecule has 1 aromatic heterocycles. The fraction of sp³-hybridized carbons (Fsp3) is 0.0732. The summed E-state index contributed by atoms with van der Waals surface area (Å²) < 4.78 is 2.48. The predicted molar refractivity (Wildman–Crippen MR) is 188 cm³/mol. The SMILES string of the molecule is CC1(C)c2ccccc2N(c2cccc3ccccc23)c2ccc3c(c21)c1ccccc1n3-c1cccc2ccccc12.[B]. The number of benzene rings is 7. The molecule has 0 saturated carbocycles. The van der Waals surface area contributed by atoms with Crippen LogP contribution in [-0.4, -0.2) is 13.0 Å². The van der Waals surface area contributed by atoms with Crippen LogP contribution >= 0.6 is 0 Å². The second kappa shape index (κ2) is 9.62. The van der Waals surface area contributed by atoms with Crippen LogP contribution in [0.2, 0.25) is 0 Å². The number of fused-ring (bicyclic) bond motifs is 8. The fourth-order valence-corrected chi connectivity index (χ4v) is 7.66. The highest BCUT2D eigenvalue weighted by Gasteiger charge is 2.39. The molecule has 0 saturated heterocycles. The highest BCUT2D eigenvalue weighted by atomic mass is 15.2. The molecule has 8 aromatic rings. The Hall–Kier alpha value is -5.28. The average Bonchev–Trinajstić information content (AvgIpc) is 3.38. The van der Waals surface area contributed by atoms with Gasteiger partial charge in [0.25, 0.3) is 0 Å². The van der Waals surface area contributed by atoms with Gasteiger partial charge in [0.1, 0.15) is 0 Å². The summed E-state index contributed by atoms with van der Waals surface area (Å²) in [6.07, 6.45) is 0. The molecule has 0 atom stereocenters. The first-order chi connectivity index (χ1) is 21.1. The second-order valence-corrected chi connectivity index (χ2v) is 12.2. The van der Waals surface area contributed by atoms with Gasteiger partial charge in [-0.2, -0.15) is 0 Å². The van der Waals surface area contributed by atoms with Crippen LogP contribution in [0, 0.1) is 0 Å². The van der Waals surface area contributed by atoms with E-state index >= 15 is 0 Å². The molecule has 9 rings (SSSR count). The normalized spacial score (nSPS) is 13.6. The van der Waals surface area contributed by atoms with Gasteiger partial charge in [0.05, 0.1) is 33.8 Å². The van der Waals surface area contributed by atoms with Crippen molar-refractivity contribution in [3.8, 4) is 5.69 Å². The van der Waals surface area contributed by atoms with Gasteiger partial charge in [-0.05, 0) is 58.3 Å². The van der Waals surface area contributed by atoms with Gasteiger partial charge in [-0.25, -0.2) is 0 Å². The van der Waals surface area contributed by atoms with Gasteiger partial charge < -0.3 is 9.47 Å². The minimum absolute atomic E-state index is 0.